The molecule has 4 rings (SSSR count). The number of hydrogen-bond donors (Lipinski definition) is 2. The topological polar surface area (TPSA) is 144 Å². The number of azo groups is 1. The predicted octanol–water partition coefficient (Wildman–Crippen LogP) is 7.61. The third kappa shape index (κ3) is 9.24. The molecule has 0 fully saturated rings. The Morgan fingerprint density at radius 3 is 1.52 bits per heavy atom. The molecule has 4 aromatic carbocycles. The van der Waals surface area contributed by atoms with E-state index in [1.54, 1.807) is 30.3 Å². The molecule has 0 saturated heterocycles. The first-order chi connectivity index (χ1) is 22.6. The summed E-state index contributed by atoms with van der Waals surface area (Å²) in [7, 11) is 0. The maximum atomic E-state index is 13.3. The Labute approximate surface area is 266 Å². The third-order valence-electron chi connectivity index (χ3n) is 6.27. The lowest BCUT2D eigenvalue weighted by molar-refractivity contribution is -0.157. The molecule has 0 aromatic heterocycles. The molecule has 0 saturated carbocycles. The number of alkyl halides is 6. The van der Waals surface area contributed by atoms with Crippen molar-refractivity contribution in [1.29, 1.82) is 0 Å². The fourth-order valence-electron chi connectivity index (χ4n) is 3.94. The fraction of sp³-hybridized carbons (Fsp3) is 0.125. The van der Waals surface area contributed by atoms with Crippen molar-refractivity contribution in [2.45, 2.75) is 24.6 Å². The van der Waals surface area contributed by atoms with Crippen molar-refractivity contribution < 1.29 is 60.1 Å². The number of esters is 2. The average Bonchev–Trinajstić information content (AvgIpc) is 3.05. The molecule has 0 aliphatic carbocycles. The smallest absolute Gasteiger partial charge is 0.416 e. The van der Waals surface area contributed by atoms with E-state index in [2.05, 4.69) is 15.5 Å². The summed E-state index contributed by atoms with van der Waals surface area (Å²) in [5.41, 5.74) is -3.22. The molecule has 0 aliphatic rings. The lowest BCUT2D eigenvalue weighted by Crippen LogP contribution is -2.48. The van der Waals surface area contributed by atoms with Crippen LogP contribution in [-0.4, -0.2) is 41.1 Å². The molecule has 0 heterocycles. The van der Waals surface area contributed by atoms with Crippen molar-refractivity contribution in [2.24, 2.45) is 10.2 Å². The number of ether oxygens (including phenoxy) is 2. The Bertz CT molecular complexity index is 1830. The van der Waals surface area contributed by atoms with Crippen molar-refractivity contribution in [1.82, 2.24) is 0 Å². The van der Waals surface area contributed by atoms with Crippen LogP contribution in [0.2, 0.25) is 0 Å². The summed E-state index contributed by atoms with van der Waals surface area (Å²) in [5, 5.41) is 20.1. The predicted molar refractivity (Wildman–Crippen MR) is 155 cm³/mol. The van der Waals surface area contributed by atoms with Crippen LogP contribution in [0.3, 0.4) is 0 Å². The summed E-state index contributed by atoms with van der Waals surface area (Å²) in [6, 6.07) is 19.5. The van der Waals surface area contributed by atoms with Crippen molar-refractivity contribution in [2.75, 3.05) is 5.32 Å². The first kappa shape index (κ1) is 34.8. The van der Waals surface area contributed by atoms with Gasteiger partial charge in [0, 0.05) is 5.69 Å². The van der Waals surface area contributed by atoms with Gasteiger partial charge in [0.25, 0.3) is 5.91 Å². The normalized spacial score (nSPS) is 13.0. The molecule has 2 atom stereocenters. The van der Waals surface area contributed by atoms with E-state index in [4.69, 9.17) is 9.47 Å². The summed E-state index contributed by atoms with van der Waals surface area (Å²) in [5.74, 6) is -6.75. The Balaban J connectivity index is 1.62. The first-order valence-corrected chi connectivity index (χ1v) is 13.5. The van der Waals surface area contributed by atoms with Crippen molar-refractivity contribution in [3.05, 3.63) is 125 Å². The molecule has 1 amide bonds. The zero-order valence-corrected chi connectivity index (χ0v) is 24.0. The van der Waals surface area contributed by atoms with Crippen LogP contribution in [0.15, 0.2) is 113 Å². The molecule has 0 unspecified atom stereocenters. The number of carbonyl (C=O) groups is 4. The Hall–Kier alpha value is -6.06. The highest BCUT2D eigenvalue weighted by molar-refractivity contribution is 6.01. The lowest BCUT2D eigenvalue weighted by atomic mass is 10.1. The Kier molecular flexibility index (Phi) is 10.6. The lowest BCUT2D eigenvalue weighted by Gasteiger charge is -2.24. The van der Waals surface area contributed by atoms with E-state index < -0.39 is 70.6 Å². The number of benzene rings is 4. The van der Waals surface area contributed by atoms with Crippen LogP contribution in [0.1, 0.15) is 31.8 Å². The maximum absolute atomic E-state index is 13.3. The molecular weight excluding hydrogens is 652 g/mol. The summed E-state index contributed by atoms with van der Waals surface area (Å²) < 4.78 is 89.1. The molecule has 0 aliphatic heterocycles. The minimum atomic E-state index is -4.89. The van der Waals surface area contributed by atoms with E-state index in [-0.39, 0.29) is 5.69 Å². The van der Waals surface area contributed by atoms with Crippen LogP contribution in [0, 0.1) is 0 Å². The number of nitrogens with one attached hydrogen (secondary N) is 1. The number of carboxylic acids is 1. The van der Waals surface area contributed by atoms with E-state index in [9.17, 15) is 50.6 Å². The van der Waals surface area contributed by atoms with Gasteiger partial charge in [-0.25, -0.2) is 14.4 Å². The number of hydrogen-bond acceptors (Lipinski definition) is 8. The van der Waals surface area contributed by atoms with E-state index in [1.165, 1.54) is 24.3 Å². The van der Waals surface area contributed by atoms with Crippen molar-refractivity contribution in [3.63, 3.8) is 0 Å². The van der Waals surface area contributed by atoms with E-state index >= 15 is 0 Å². The number of anilines is 1. The van der Waals surface area contributed by atoms with Crippen LogP contribution in [0.5, 0.6) is 0 Å². The van der Waals surface area contributed by atoms with Crippen LogP contribution in [-0.2, 0) is 31.4 Å². The van der Waals surface area contributed by atoms with Crippen molar-refractivity contribution in [3.8, 4) is 0 Å². The molecule has 16 heteroatoms. The van der Waals surface area contributed by atoms with Gasteiger partial charge in [-0.3, -0.25) is 4.79 Å². The highest BCUT2D eigenvalue weighted by Crippen LogP contribution is 2.31. The van der Waals surface area contributed by atoms with Gasteiger partial charge in [-0.2, -0.15) is 36.6 Å². The highest BCUT2D eigenvalue weighted by Gasteiger charge is 2.42. The molecule has 2 N–H and O–H groups in total. The number of nitrogens with zero attached hydrogens (tertiary/aromatic N) is 2. The fourth-order valence-corrected chi connectivity index (χ4v) is 3.94. The Morgan fingerprint density at radius 1 is 0.604 bits per heavy atom. The highest BCUT2D eigenvalue weighted by atomic mass is 19.4. The standard InChI is InChI=1S/C32H21F6N3O7/c33-31(34,35)20-8-4-6-18(16-20)29(45)47-25(26(28(43)44)48-30(46)19-7-5-9-21(17-19)32(36,37)38)27(42)39-22-12-14-24(15-13-22)41-40-23-10-2-1-3-11-23/h1-17,25-26H,(H,39,42)(H,43,44)/t25-,26+/m1/s1. The van der Waals surface area contributed by atoms with Gasteiger partial charge in [0.2, 0.25) is 12.2 Å². The van der Waals surface area contributed by atoms with Crippen molar-refractivity contribution >= 4 is 40.9 Å². The molecule has 0 bridgehead atoms. The average molecular weight is 674 g/mol. The maximum Gasteiger partial charge on any atom is 0.416 e. The van der Waals surface area contributed by atoms with Crippen LogP contribution < -0.4 is 5.32 Å². The van der Waals surface area contributed by atoms with Gasteiger partial charge in [-0.1, -0.05) is 30.3 Å². The van der Waals surface area contributed by atoms with Gasteiger partial charge in [0.05, 0.1) is 33.6 Å². The molecule has 0 radical (unpaired) electrons. The second-order valence-corrected chi connectivity index (χ2v) is 9.72. The third-order valence-corrected chi connectivity index (χ3v) is 6.27. The van der Waals surface area contributed by atoms with Gasteiger partial charge in [0.1, 0.15) is 0 Å². The number of carbonyl (C=O) groups excluding carboxylic acids is 3. The monoisotopic (exact) mass is 673 g/mol. The zero-order chi connectivity index (χ0) is 35.1. The zero-order valence-electron chi connectivity index (χ0n) is 24.0. The number of halogens is 6. The number of rotatable bonds is 10. The number of carboxylic acid groups (broad SMARTS) is 1. The summed E-state index contributed by atoms with van der Waals surface area (Å²) in [4.78, 5) is 51.2. The first-order valence-electron chi connectivity index (χ1n) is 13.5. The van der Waals surface area contributed by atoms with Gasteiger partial charge in [0.15, 0.2) is 0 Å². The van der Waals surface area contributed by atoms with E-state index in [0.717, 1.165) is 24.3 Å². The van der Waals surface area contributed by atoms with E-state index in [0.29, 0.717) is 35.6 Å². The summed E-state index contributed by atoms with van der Waals surface area (Å²) >= 11 is 0. The molecule has 248 valence electrons. The SMILES string of the molecule is O=C(O[C@H](C(=O)O)[C@@H](OC(=O)c1cccc(C(F)(F)F)c1)C(=O)Nc1ccc(N=Nc2ccccc2)cc1)c1cccc(C(F)(F)F)c1. The van der Waals surface area contributed by atoms with Crippen LogP contribution >= 0.6 is 0 Å². The molecular formula is C32H21F6N3O7. The van der Waals surface area contributed by atoms with Gasteiger partial charge in [-0.15, -0.1) is 0 Å². The quantitative estimate of drug-likeness (QED) is 0.100. The van der Waals surface area contributed by atoms with E-state index in [1.807, 2.05) is 0 Å². The number of aliphatic carboxylic acids is 1. The minimum Gasteiger partial charge on any atom is -0.478 e. The van der Waals surface area contributed by atoms with Gasteiger partial charge < -0.3 is 19.9 Å². The Morgan fingerprint density at radius 2 is 1.06 bits per heavy atom. The number of amides is 1. The molecule has 4 aromatic rings. The van der Waals surface area contributed by atoms with Crippen LogP contribution in [0.4, 0.5) is 43.4 Å². The molecule has 48 heavy (non-hydrogen) atoms. The summed E-state index contributed by atoms with van der Waals surface area (Å²) in [6.45, 7) is 0. The second-order valence-electron chi connectivity index (χ2n) is 9.72. The largest absolute Gasteiger partial charge is 0.478 e. The van der Waals surface area contributed by atoms with Crippen LogP contribution in [0.25, 0.3) is 0 Å². The summed E-state index contributed by atoms with van der Waals surface area (Å²) in [6.07, 6.45) is -15.0. The molecule has 0 spiro atoms. The molecule has 10 nitrogen and oxygen atoms in total. The van der Waals surface area contributed by atoms with Gasteiger partial charge in [-0.05, 0) is 72.8 Å². The minimum absolute atomic E-state index is 0.0212. The second kappa shape index (κ2) is 14.6. The van der Waals surface area contributed by atoms with Gasteiger partial charge >= 0.3 is 30.3 Å².